The highest BCUT2D eigenvalue weighted by Crippen LogP contribution is 2.38. The third kappa shape index (κ3) is 12.3. The van der Waals surface area contributed by atoms with E-state index >= 15 is 0 Å². The van der Waals surface area contributed by atoms with Gasteiger partial charge in [-0.15, -0.1) is 0 Å². The Morgan fingerprint density at radius 2 is 1.50 bits per heavy atom. The van der Waals surface area contributed by atoms with E-state index in [-0.39, 0.29) is 0 Å². The third-order valence-electron chi connectivity index (χ3n) is 0. The molecule has 2 atom stereocenters. The SMILES string of the molecule is O=[P+](P)P. The molecule has 0 radical (unpaired) electrons. The van der Waals surface area contributed by atoms with Crippen LogP contribution in [0.1, 0.15) is 0 Å². The van der Waals surface area contributed by atoms with Crippen molar-refractivity contribution in [2.24, 2.45) is 0 Å². The van der Waals surface area contributed by atoms with Gasteiger partial charge in [0.05, 0.1) is 0 Å². The minimum absolute atomic E-state index is 1.04. The minimum Gasteiger partial charge on any atom is -0.0710 e. The maximum absolute atomic E-state index is 9.52. The summed E-state index contributed by atoms with van der Waals surface area (Å²) >= 11 is 0. The first-order valence-electron chi connectivity index (χ1n) is 0.699. The van der Waals surface area contributed by atoms with Gasteiger partial charge in [0, 0.05) is 0 Å². The maximum Gasteiger partial charge on any atom is 0.359 e. The van der Waals surface area contributed by atoms with Crippen LogP contribution in [0.2, 0.25) is 0 Å². The van der Waals surface area contributed by atoms with Gasteiger partial charge in [0.15, 0.2) is 0 Å². The molecule has 0 amide bonds. The number of rotatable bonds is 0. The summed E-state index contributed by atoms with van der Waals surface area (Å²) in [6, 6.07) is 0. The summed E-state index contributed by atoms with van der Waals surface area (Å²) in [5.41, 5.74) is 0. The molecule has 0 aliphatic rings. The molecule has 0 heterocycles. The molecule has 24 valence electrons. The van der Waals surface area contributed by atoms with Crippen LogP contribution in [0.3, 0.4) is 0 Å². The zero-order valence-corrected chi connectivity index (χ0v) is 5.21. The fourth-order valence-corrected chi connectivity index (χ4v) is 0. The minimum atomic E-state index is -1.04. The van der Waals surface area contributed by atoms with E-state index in [0.29, 0.717) is 0 Å². The van der Waals surface area contributed by atoms with Gasteiger partial charge in [0.1, 0.15) is 17.9 Å². The normalized spacial score (nSPS) is 6.50. The largest absolute Gasteiger partial charge is 0.359 e. The molecule has 0 bridgehead atoms. The van der Waals surface area contributed by atoms with E-state index < -0.39 is 7.18 Å². The lowest BCUT2D eigenvalue weighted by Crippen LogP contribution is -0.905. The van der Waals surface area contributed by atoms with Gasteiger partial charge in [0.2, 0.25) is 0 Å². The smallest absolute Gasteiger partial charge is 0.0710 e. The Morgan fingerprint density at radius 3 is 1.50 bits per heavy atom. The molecule has 0 fully saturated rings. The Kier molecular flexibility index (Phi) is 2.74. The van der Waals surface area contributed by atoms with Gasteiger partial charge in [-0.05, 0) is 0 Å². The van der Waals surface area contributed by atoms with Crippen molar-refractivity contribution in [3.63, 3.8) is 0 Å². The van der Waals surface area contributed by atoms with E-state index in [9.17, 15) is 4.57 Å². The molecule has 0 N–H and O–H groups in total. The van der Waals surface area contributed by atoms with Gasteiger partial charge in [-0.25, -0.2) is 0 Å². The van der Waals surface area contributed by atoms with Gasteiger partial charge < -0.3 is 0 Å². The lowest BCUT2D eigenvalue weighted by molar-refractivity contribution is 0.603. The predicted octanol–water partition coefficient (Wildman–Crippen LogP) is 1.39. The monoisotopic (exact) mass is 113 g/mol. The molecular weight excluding hydrogens is 109 g/mol. The molecule has 0 spiro atoms. The van der Waals surface area contributed by atoms with E-state index in [1.165, 1.54) is 0 Å². The molecule has 0 aliphatic heterocycles. The zero-order chi connectivity index (χ0) is 3.58. The second-order valence-electron chi connectivity index (χ2n) is 0.360. The summed E-state index contributed by atoms with van der Waals surface area (Å²) in [5.74, 6) is 0. The Balaban J connectivity index is 2.80. The highest BCUT2D eigenvalue weighted by Gasteiger charge is 1.81. The molecule has 0 rings (SSSR count). The standard InChI is InChI=1S/H4OP3/c1-4(2)3/h2-3H2/q+1. The summed E-state index contributed by atoms with van der Waals surface area (Å²) in [4.78, 5) is 0. The van der Waals surface area contributed by atoms with Crippen molar-refractivity contribution in [3.8, 4) is 0 Å². The molecule has 0 saturated carbocycles. The Labute approximate surface area is 30.5 Å². The first kappa shape index (κ1) is 4.96. The molecule has 4 heavy (non-hydrogen) atoms. The third-order valence-corrected chi connectivity index (χ3v) is 0. The Bertz CT molecular complexity index is 26.3. The molecule has 0 aromatic heterocycles. The van der Waals surface area contributed by atoms with Gasteiger partial charge in [-0.2, -0.15) is 0 Å². The van der Waals surface area contributed by atoms with Gasteiger partial charge in [0.25, 0.3) is 0 Å². The van der Waals surface area contributed by atoms with Crippen molar-refractivity contribution < 1.29 is 4.57 Å². The average Bonchev–Trinajstić information content (AvgIpc) is 0.811. The maximum atomic E-state index is 9.52. The van der Waals surface area contributed by atoms with Crippen molar-refractivity contribution in [2.45, 2.75) is 0 Å². The van der Waals surface area contributed by atoms with Crippen LogP contribution in [0.25, 0.3) is 0 Å². The molecular formula is H4OP3+. The van der Waals surface area contributed by atoms with E-state index in [4.69, 9.17) is 0 Å². The summed E-state index contributed by atoms with van der Waals surface area (Å²) in [7, 11) is 3.22. The molecule has 4 heteroatoms. The van der Waals surface area contributed by atoms with Crippen LogP contribution >= 0.6 is 25.0 Å². The Morgan fingerprint density at radius 1 is 1.50 bits per heavy atom. The topological polar surface area (TPSA) is 17.1 Å². The highest BCUT2D eigenvalue weighted by molar-refractivity contribution is 8.37. The molecule has 0 aromatic rings. The van der Waals surface area contributed by atoms with Crippen LogP contribution in [-0.4, -0.2) is 0 Å². The first-order valence-corrected chi connectivity index (χ1v) is 5.20. The summed E-state index contributed by atoms with van der Waals surface area (Å²) in [6.07, 6.45) is 0. The van der Waals surface area contributed by atoms with E-state index in [0.717, 1.165) is 0 Å². The molecule has 0 aromatic carbocycles. The summed E-state index contributed by atoms with van der Waals surface area (Å²) < 4.78 is 9.52. The van der Waals surface area contributed by atoms with E-state index in [1.54, 1.807) is 0 Å². The average molecular weight is 113 g/mol. The fourth-order valence-electron chi connectivity index (χ4n) is 0. The molecule has 1 nitrogen and oxygen atoms in total. The zero-order valence-electron chi connectivity index (χ0n) is 2.01. The molecule has 2 unspecified atom stereocenters. The van der Waals surface area contributed by atoms with Crippen molar-refractivity contribution >= 4 is 25.0 Å². The van der Waals surface area contributed by atoms with Crippen LogP contribution in [0, 0.1) is 0 Å². The first-order chi connectivity index (χ1) is 1.73. The van der Waals surface area contributed by atoms with Crippen LogP contribution in [0.4, 0.5) is 0 Å². The second-order valence-corrected chi connectivity index (χ2v) is 5.92. The van der Waals surface area contributed by atoms with Crippen molar-refractivity contribution in [1.82, 2.24) is 0 Å². The van der Waals surface area contributed by atoms with Crippen LogP contribution in [0.5, 0.6) is 0 Å². The van der Waals surface area contributed by atoms with Crippen molar-refractivity contribution in [3.05, 3.63) is 0 Å². The van der Waals surface area contributed by atoms with Crippen molar-refractivity contribution in [1.29, 1.82) is 0 Å². The summed E-state index contributed by atoms with van der Waals surface area (Å²) in [5, 5.41) is 0. The van der Waals surface area contributed by atoms with Gasteiger partial charge >= 0.3 is 7.18 Å². The number of hydrogen-bond donors (Lipinski definition) is 0. The second kappa shape index (κ2) is 2.21. The quantitative estimate of drug-likeness (QED) is 0.434. The van der Waals surface area contributed by atoms with Crippen LogP contribution < -0.4 is 0 Å². The Hall–Kier alpha value is 0.960. The van der Waals surface area contributed by atoms with Crippen molar-refractivity contribution in [2.75, 3.05) is 0 Å². The lowest BCUT2D eigenvalue weighted by atomic mass is 16.0. The van der Waals surface area contributed by atoms with Gasteiger partial charge in [-0.3, -0.25) is 0 Å². The predicted molar refractivity (Wildman–Crippen MR) is 27.0 cm³/mol. The molecule has 0 aliphatic carbocycles. The van der Waals surface area contributed by atoms with E-state index in [1.807, 2.05) is 0 Å². The van der Waals surface area contributed by atoms with Crippen LogP contribution in [-0.2, 0) is 4.57 Å². The fraction of sp³-hybridized carbons (Fsp3) is 0. The summed E-state index contributed by atoms with van der Waals surface area (Å²) in [6.45, 7) is 0. The highest BCUT2D eigenvalue weighted by atomic mass is 32.4. The number of hydrogen-bond acceptors (Lipinski definition) is 1. The van der Waals surface area contributed by atoms with E-state index in [2.05, 4.69) is 17.9 Å². The van der Waals surface area contributed by atoms with Crippen LogP contribution in [0.15, 0.2) is 0 Å². The molecule has 0 saturated heterocycles. The lowest BCUT2D eigenvalue weighted by Gasteiger charge is -1.36. The van der Waals surface area contributed by atoms with Gasteiger partial charge in [-0.1, -0.05) is 4.57 Å².